The lowest BCUT2D eigenvalue weighted by molar-refractivity contribution is -0.140. The van der Waals surface area contributed by atoms with Crippen LogP contribution in [0.4, 0.5) is 4.79 Å². The molecule has 0 aliphatic carbocycles. The van der Waals surface area contributed by atoms with Gasteiger partial charge in [0.25, 0.3) is 0 Å². The highest BCUT2D eigenvalue weighted by atomic mass is 16.6. The standard InChI is InChI=1S/C21H30N2O5/c1-5-21(11-7-10-17(24)23(4)13-21)15-8-6-9-16(12-15)28-20(27)22-18(14(2)3)19(25)26/h6,8-9,12,14,18H,5,7,10-11,13H2,1-4H3,(H,22,27)(H,25,26)/t18-,21?/m0/s1. The number of ether oxygens (including phenoxy) is 1. The molecule has 0 bridgehead atoms. The number of likely N-dealkylation sites (tertiary alicyclic amines) is 1. The van der Waals surface area contributed by atoms with E-state index in [1.807, 2.05) is 25.2 Å². The number of hydrogen-bond donors (Lipinski definition) is 2. The van der Waals surface area contributed by atoms with Gasteiger partial charge in [-0.25, -0.2) is 9.59 Å². The summed E-state index contributed by atoms with van der Waals surface area (Å²) in [6, 6.07) is 6.28. The minimum Gasteiger partial charge on any atom is -0.480 e. The Labute approximate surface area is 166 Å². The summed E-state index contributed by atoms with van der Waals surface area (Å²) in [5.41, 5.74) is 0.818. The fourth-order valence-corrected chi connectivity index (χ4v) is 3.78. The number of likely N-dealkylation sites (N-methyl/N-ethyl adjacent to an activating group) is 1. The highest BCUT2D eigenvalue weighted by Crippen LogP contribution is 2.37. The lowest BCUT2D eigenvalue weighted by atomic mass is 9.74. The first-order valence-corrected chi connectivity index (χ1v) is 9.74. The largest absolute Gasteiger partial charge is 0.480 e. The van der Waals surface area contributed by atoms with Crippen LogP contribution in [0.1, 0.15) is 52.0 Å². The summed E-state index contributed by atoms with van der Waals surface area (Å²) in [4.78, 5) is 37.3. The van der Waals surface area contributed by atoms with E-state index in [0.717, 1.165) is 24.8 Å². The van der Waals surface area contributed by atoms with Crippen LogP contribution in [0.5, 0.6) is 5.75 Å². The molecule has 7 heteroatoms. The number of nitrogens with one attached hydrogen (secondary N) is 1. The quantitative estimate of drug-likeness (QED) is 0.778. The maximum atomic E-state index is 12.2. The average Bonchev–Trinajstić information content (AvgIpc) is 2.79. The van der Waals surface area contributed by atoms with E-state index in [1.54, 1.807) is 24.8 Å². The topological polar surface area (TPSA) is 95.9 Å². The minimum absolute atomic E-state index is 0.149. The van der Waals surface area contributed by atoms with Crippen LogP contribution < -0.4 is 10.1 Å². The molecule has 2 rings (SSSR count). The Morgan fingerprint density at radius 1 is 1.36 bits per heavy atom. The lowest BCUT2D eigenvalue weighted by Gasteiger charge is -2.35. The van der Waals surface area contributed by atoms with Gasteiger partial charge in [0.1, 0.15) is 11.8 Å². The van der Waals surface area contributed by atoms with E-state index in [4.69, 9.17) is 4.74 Å². The molecule has 1 fully saturated rings. The smallest absolute Gasteiger partial charge is 0.413 e. The van der Waals surface area contributed by atoms with Gasteiger partial charge in [0, 0.05) is 25.4 Å². The van der Waals surface area contributed by atoms with Crippen molar-refractivity contribution in [3.8, 4) is 5.75 Å². The first kappa shape index (κ1) is 21.7. The molecule has 1 aromatic carbocycles. The molecule has 28 heavy (non-hydrogen) atoms. The van der Waals surface area contributed by atoms with E-state index in [0.29, 0.717) is 18.7 Å². The second-order valence-electron chi connectivity index (χ2n) is 7.86. The molecule has 1 unspecified atom stereocenters. The van der Waals surface area contributed by atoms with Crippen LogP contribution in [0, 0.1) is 5.92 Å². The monoisotopic (exact) mass is 390 g/mol. The maximum Gasteiger partial charge on any atom is 0.413 e. The van der Waals surface area contributed by atoms with Gasteiger partial charge in [-0.1, -0.05) is 32.9 Å². The Kier molecular flexibility index (Phi) is 7.05. The molecule has 1 heterocycles. The number of rotatable bonds is 6. The number of carbonyl (C=O) groups excluding carboxylic acids is 2. The first-order chi connectivity index (χ1) is 13.2. The number of carboxylic acids is 1. The van der Waals surface area contributed by atoms with Crippen molar-refractivity contribution in [2.45, 2.75) is 57.9 Å². The van der Waals surface area contributed by atoms with Crippen molar-refractivity contribution in [1.82, 2.24) is 10.2 Å². The molecule has 1 aliphatic heterocycles. The predicted octanol–water partition coefficient (Wildman–Crippen LogP) is 3.17. The van der Waals surface area contributed by atoms with Crippen molar-refractivity contribution >= 4 is 18.0 Å². The van der Waals surface area contributed by atoms with Crippen molar-refractivity contribution in [2.75, 3.05) is 13.6 Å². The molecule has 1 saturated heterocycles. The second-order valence-corrected chi connectivity index (χ2v) is 7.86. The number of benzene rings is 1. The molecule has 2 atom stereocenters. The van der Waals surface area contributed by atoms with Gasteiger partial charge in [0.2, 0.25) is 5.91 Å². The summed E-state index contributed by atoms with van der Waals surface area (Å²) in [6.07, 6.45) is 2.30. The normalized spacial score (nSPS) is 21.2. The van der Waals surface area contributed by atoms with Crippen LogP contribution in [0.15, 0.2) is 24.3 Å². The van der Waals surface area contributed by atoms with Gasteiger partial charge >= 0.3 is 12.1 Å². The fraction of sp³-hybridized carbons (Fsp3) is 0.571. The van der Waals surface area contributed by atoms with Gasteiger partial charge < -0.3 is 20.1 Å². The third-order valence-electron chi connectivity index (χ3n) is 5.55. The van der Waals surface area contributed by atoms with Crippen molar-refractivity contribution in [2.24, 2.45) is 5.92 Å². The van der Waals surface area contributed by atoms with Gasteiger partial charge in [-0.2, -0.15) is 0 Å². The molecule has 0 spiro atoms. The molecule has 154 valence electrons. The van der Waals surface area contributed by atoms with Crippen LogP contribution in [-0.4, -0.2) is 47.6 Å². The van der Waals surface area contributed by atoms with Crippen molar-refractivity contribution in [3.05, 3.63) is 29.8 Å². The van der Waals surface area contributed by atoms with Crippen molar-refractivity contribution < 1.29 is 24.2 Å². The highest BCUT2D eigenvalue weighted by molar-refractivity contribution is 5.81. The molecule has 2 amide bonds. The molecule has 0 saturated carbocycles. The number of amides is 2. The number of nitrogens with zero attached hydrogens (tertiary/aromatic N) is 1. The van der Waals surface area contributed by atoms with E-state index >= 15 is 0 Å². The van der Waals surface area contributed by atoms with Gasteiger partial charge in [0.15, 0.2) is 0 Å². The highest BCUT2D eigenvalue weighted by Gasteiger charge is 2.35. The van der Waals surface area contributed by atoms with E-state index in [1.165, 1.54) is 0 Å². The minimum atomic E-state index is -1.10. The maximum absolute atomic E-state index is 12.2. The second kappa shape index (κ2) is 9.08. The summed E-state index contributed by atoms with van der Waals surface area (Å²) >= 11 is 0. The van der Waals surface area contributed by atoms with E-state index < -0.39 is 18.1 Å². The third kappa shape index (κ3) is 5.03. The van der Waals surface area contributed by atoms with E-state index in [-0.39, 0.29) is 17.2 Å². The van der Waals surface area contributed by atoms with Crippen LogP contribution in [-0.2, 0) is 15.0 Å². The van der Waals surface area contributed by atoms with E-state index in [9.17, 15) is 19.5 Å². The number of hydrogen-bond acceptors (Lipinski definition) is 4. The first-order valence-electron chi connectivity index (χ1n) is 9.74. The van der Waals surface area contributed by atoms with Crippen molar-refractivity contribution in [1.29, 1.82) is 0 Å². The van der Waals surface area contributed by atoms with Crippen molar-refractivity contribution in [3.63, 3.8) is 0 Å². The Balaban J connectivity index is 2.19. The number of carboxylic acid groups (broad SMARTS) is 1. The van der Waals surface area contributed by atoms with E-state index in [2.05, 4.69) is 12.2 Å². The zero-order chi connectivity index (χ0) is 20.9. The molecule has 2 N–H and O–H groups in total. The van der Waals surface area contributed by atoms with Gasteiger partial charge in [0.05, 0.1) is 0 Å². The Morgan fingerprint density at radius 3 is 2.68 bits per heavy atom. The molecule has 1 aromatic rings. The summed E-state index contributed by atoms with van der Waals surface area (Å²) in [5.74, 6) is -0.861. The Hall–Kier alpha value is -2.57. The van der Waals surface area contributed by atoms with Crippen LogP contribution >= 0.6 is 0 Å². The van der Waals surface area contributed by atoms with Gasteiger partial charge in [-0.3, -0.25) is 4.79 Å². The molecular weight excluding hydrogens is 360 g/mol. The summed E-state index contributed by atoms with van der Waals surface area (Å²) in [5, 5.41) is 11.6. The van der Waals surface area contributed by atoms with Crippen LogP contribution in [0.25, 0.3) is 0 Å². The van der Waals surface area contributed by atoms with Crippen LogP contribution in [0.3, 0.4) is 0 Å². The summed E-state index contributed by atoms with van der Waals surface area (Å²) < 4.78 is 5.35. The van der Waals surface area contributed by atoms with Crippen LogP contribution in [0.2, 0.25) is 0 Å². The predicted molar refractivity (Wildman–Crippen MR) is 105 cm³/mol. The van der Waals surface area contributed by atoms with Gasteiger partial charge in [-0.15, -0.1) is 0 Å². The average molecular weight is 390 g/mol. The molecule has 1 aliphatic rings. The number of aliphatic carboxylic acids is 1. The molecule has 0 aromatic heterocycles. The van der Waals surface area contributed by atoms with Gasteiger partial charge in [-0.05, 0) is 42.9 Å². The lowest BCUT2D eigenvalue weighted by Crippen LogP contribution is -2.45. The molecule has 7 nitrogen and oxygen atoms in total. The Morgan fingerprint density at radius 2 is 2.07 bits per heavy atom. The SMILES string of the molecule is CCC1(c2cccc(OC(=O)N[C@H](C(=O)O)C(C)C)c2)CCCC(=O)N(C)C1. The number of carbonyl (C=O) groups is 3. The zero-order valence-electron chi connectivity index (χ0n) is 17.0. The summed E-state index contributed by atoms with van der Waals surface area (Å²) in [7, 11) is 1.82. The third-order valence-corrected chi connectivity index (χ3v) is 5.55. The zero-order valence-corrected chi connectivity index (χ0v) is 17.0. The Bertz CT molecular complexity index is 733. The summed E-state index contributed by atoms with van der Waals surface area (Å²) in [6.45, 7) is 6.15. The fourth-order valence-electron chi connectivity index (χ4n) is 3.78. The molecular formula is C21H30N2O5. The molecule has 0 radical (unpaired) electrons.